The summed E-state index contributed by atoms with van der Waals surface area (Å²) in [6.45, 7) is 0. The molecule has 0 N–H and O–H groups in total. The summed E-state index contributed by atoms with van der Waals surface area (Å²) in [4.78, 5) is 11.3. The predicted octanol–water partition coefficient (Wildman–Crippen LogP) is -0.0896. The number of carbonyl (C=O) groups excluding carboxylic acids is 1. The van der Waals surface area contributed by atoms with E-state index in [1.807, 2.05) is 6.07 Å². The fourth-order valence-corrected chi connectivity index (χ4v) is 1.68. The molecule has 15 heavy (non-hydrogen) atoms. The van der Waals surface area contributed by atoms with Crippen LogP contribution in [0.2, 0.25) is 0 Å². The molecule has 2 rings (SSSR count). The number of rotatable bonds is 1. The van der Waals surface area contributed by atoms with E-state index in [9.17, 15) is 10.0 Å². The van der Waals surface area contributed by atoms with Crippen molar-refractivity contribution in [3.63, 3.8) is 0 Å². The lowest BCUT2D eigenvalue weighted by Gasteiger charge is -2.04. The summed E-state index contributed by atoms with van der Waals surface area (Å²) in [5, 5.41) is 12.3. The molecule has 0 unspecified atom stereocenters. The number of fused-ring (bicyclic) bond motifs is 1. The summed E-state index contributed by atoms with van der Waals surface area (Å²) in [7, 11) is 0.325. The Morgan fingerprint density at radius 2 is 2.13 bits per heavy atom. The Morgan fingerprint density at radius 1 is 1.40 bits per heavy atom. The number of benzene rings is 1. The zero-order valence-corrected chi connectivity index (χ0v) is 10.1. The van der Waals surface area contributed by atoms with E-state index in [1.54, 1.807) is 24.3 Å². The van der Waals surface area contributed by atoms with E-state index >= 15 is 0 Å². The smallest absolute Gasteiger partial charge is 0.330 e. The summed E-state index contributed by atoms with van der Waals surface area (Å²) >= 11 is 0. The lowest BCUT2D eigenvalue weighted by molar-refractivity contribution is -0.577. The van der Waals surface area contributed by atoms with Crippen LogP contribution >= 0.6 is 0 Å². The van der Waals surface area contributed by atoms with Crippen molar-refractivity contribution in [2.24, 2.45) is 0 Å². The zero-order valence-electron chi connectivity index (χ0n) is 8.14. The number of carbonyl (C=O) groups is 1. The number of hydrogen-bond acceptors (Lipinski definition) is 3. The minimum absolute atomic E-state index is 0.290. The second kappa shape index (κ2) is 3.70. The largest absolute Gasteiger partial charge is 0.618 e. The molecule has 5 heteroatoms. The molecule has 1 aromatic carbocycles. The summed E-state index contributed by atoms with van der Waals surface area (Å²) in [6, 6.07) is 8.75. The molecule has 0 aliphatic rings. The van der Waals surface area contributed by atoms with Crippen molar-refractivity contribution in [3.05, 3.63) is 47.3 Å². The third kappa shape index (κ3) is 1.69. The first-order valence-electron chi connectivity index (χ1n) is 4.42. The summed E-state index contributed by atoms with van der Waals surface area (Å²) in [6.07, 6.45) is 1.24. The van der Waals surface area contributed by atoms with Gasteiger partial charge in [-0.05, 0) is 12.1 Å². The average Bonchev–Trinajstić information content (AvgIpc) is 2.28. The maximum absolute atomic E-state index is 11.5. The Kier molecular flexibility index (Phi) is 2.38. The second-order valence-electron chi connectivity index (χ2n) is 3.10. The van der Waals surface area contributed by atoms with Gasteiger partial charge in [0.25, 0.3) is 0 Å². The fourth-order valence-electron chi connectivity index (χ4n) is 1.44. The normalized spacial score (nSPS) is 10.4. The van der Waals surface area contributed by atoms with Gasteiger partial charge in [-0.2, -0.15) is 4.73 Å². The Morgan fingerprint density at radius 3 is 2.87 bits per heavy atom. The first kappa shape index (κ1) is 9.66. The van der Waals surface area contributed by atoms with Crippen molar-refractivity contribution in [1.82, 2.24) is 0 Å². The quantitative estimate of drug-likeness (QED) is 0.382. The van der Waals surface area contributed by atoms with Crippen LogP contribution in [0.4, 0.5) is 0 Å². The van der Waals surface area contributed by atoms with E-state index in [4.69, 9.17) is 0 Å². The summed E-state index contributed by atoms with van der Waals surface area (Å²) in [5.41, 5.74) is 0.834. The molecule has 0 aliphatic carbocycles. The minimum Gasteiger partial charge on any atom is -0.618 e. The van der Waals surface area contributed by atoms with Crippen LogP contribution in [0.15, 0.2) is 36.5 Å². The number of aromatic nitrogens is 1. The van der Waals surface area contributed by atoms with Crippen LogP contribution in [0.25, 0.3) is 10.9 Å². The van der Waals surface area contributed by atoms with Crippen molar-refractivity contribution in [1.29, 1.82) is 0 Å². The Hall–Kier alpha value is -1.88. The molecule has 1 aromatic heterocycles. The highest BCUT2D eigenvalue weighted by atomic mass is 28.2. The molecule has 2 aromatic rings. The van der Waals surface area contributed by atoms with Crippen molar-refractivity contribution < 1.29 is 14.0 Å². The summed E-state index contributed by atoms with van der Waals surface area (Å²) < 4.78 is 5.37. The van der Waals surface area contributed by atoms with E-state index in [1.165, 1.54) is 6.20 Å². The highest BCUT2D eigenvalue weighted by Crippen LogP contribution is 2.11. The predicted molar refractivity (Wildman–Crippen MR) is 58.3 cm³/mol. The highest BCUT2D eigenvalue weighted by molar-refractivity contribution is 6.09. The van der Waals surface area contributed by atoms with Gasteiger partial charge in [0.15, 0.2) is 6.20 Å². The maximum Gasteiger partial charge on any atom is 0.330 e. The second-order valence-corrected chi connectivity index (χ2v) is 3.51. The maximum atomic E-state index is 11.5. The van der Waals surface area contributed by atoms with E-state index in [-0.39, 0.29) is 0 Å². The van der Waals surface area contributed by atoms with Gasteiger partial charge in [-0.25, -0.2) is 4.79 Å². The number of hydrogen-bond donors (Lipinski definition) is 0. The van der Waals surface area contributed by atoms with Crippen molar-refractivity contribution >= 4 is 27.4 Å². The van der Waals surface area contributed by atoms with Crippen LogP contribution in [-0.4, -0.2) is 16.5 Å². The molecule has 0 radical (unpaired) electrons. The molecule has 1 heterocycles. The van der Waals surface area contributed by atoms with Crippen LogP contribution < -0.4 is 4.73 Å². The van der Waals surface area contributed by atoms with Crippen molar-refractivity contribution in [3.8, 4) is 0 Å². The molecule has 4 nitrogen and oxygen atoms in total. The molecule has 0 atom stereocenters. The monoisotopic (exact) mass is 219 g/mol. The molecule has 0 saturated heterocycles. The third-order valence-corrected chi connectivity index (χ3v) is 2.53. The SMILES string of the molecule is O=C(O[SiH3])c1cc2ccccc2[n+]([O-])c1. The zero-order chi connectivity index (χ0) is 10.8. The van der Waals surface area contributed by atoms with Gasteiger partial charge in [0, 0.05) is 11.5 Å². The van der Waals surface area contributed by atoms with Crippen molar-refractivity contribution in [2.45, 2.75) is 0 Å². The van der Waals surface area contributed by atoms with Gasteiger partial charge in [-0.1, -0.05) is 12.1 Å². The topological polar surface area (TPSA) is 53.2 Å². The van der Waals surface area contributed by atoms with Crippen LogP contribution in [0.1, 0.15) is 10.4 Å². The van der Waals surface area contributed by atoms with E-state index < -0.39 is 5.97 Å². The highest BCUT2D eigenvalue weighted by Gasteiger charge is 2.12. The molecule has 0 fully saturated rings. The van der Waals surface area contributed by atoms with E-state index in [0.29, 0.717) is 26.3 Å². The van der Waals surface area contributed by atoms with Crippen LogP contribution in [-0.2, 0) is 4.43 Å². The average molecular weight is 219 g/mol. The Balaban J connectivity index is 2.67. The third-order valence-electron chi connectivity index (χ3n) is 2.16. The molecule has 76 valence electrons. The van der Waals surface area contributed by atoms with Crippen LogP contribution in [0, 0.1) is 5.21 Å². The lowest BCUT2D eigenvalue weighted by Crippen LogP contribution is -2.28. The minimum atomic E-state index is -0.447. The Bertz CT molecular complexity index is 527. The molecule has 0 amide bonds. The van der Waals surface area contributed by atoms with E-state index in [0.717, 1.165) is 5.39 Å². The van der Waals surface area contributed by atoms with Gasteiger partial charge in [0.1, 0.15) is 5.56 Å². The van der Waals surface area contributed by atoms with Gasteiger partial charge in [-0.3, -0.25) is 0 Å². The molecular weight excluding hydrogens is 210 g/mol. The number of para-hydroxylation sites is 1. The Labute approximate surface area is 89.2 Å². The van der Waals surface area contributed by atoms with Gasteiger partial charge < -0.3 is 9.63 Å². The lowest BCUT2D eigenvalue weighted by atomic mass is 10.1. The van der Waals surface area contributed by atoms with Gasteiger partial charge >= 0.3 is 5.97 Å². The van der Waals surface area contributed by atoms with Crippen molar-refractivity contribution in [2.75, 3.05) is 0 Å². The fraction of sp³-hybridized carbons (Fsp3) is 0. The van der Waals surface area contributed by atoms with E-state index in [2.05, 4.69) is 4.43 Å². The molecule has 0 spiro atoms. The van der Waals surface area contributed by atoms with Gasteiger partial charge in [-0.15, -0.1) is 0 Å². The molecule has 0 bridgehead atoms. The standard InChI is InChI=1S/C10H9NO3Si/c12-10(14-15)8-5-7-3-1-2-4-9(7)11(13)6-8/h1-6H,15H3. The first-order chi connectivity index (χ1) is 7.22. The molecule has 0 saturated carbocycles. The molecule has 0 aliphatic heterocycles. The first-order valence-corrected chi connectivity index (χ1v) is 5.24. The van der Waals surface area contributed by atoms with Crippen LogP contribution in [0.3, 0.4) is 0 Å². The number of nitrogens with zero attached hydrogens (tertiary/aromatic N) is 1. The van der Waals surface area contributed by atoms with Gasteiger partial charge in [0.05, 0.1) is 0 Å². The molecular formula is C10H9NO3Si. The van der Waals surface area contributed by atoms with Crippen LogP contribution in [0.5, 0.6) is 0 Å². The number of pyridine rings is 1. The summed E-state index contributed by atoms with van der Waals surface area (Å²) in [5.74, 6) is -0.447. The van der Waals surface area contributed by atoms with Gasteiger partial charge in [0.2, 0.25) is 16.0 Å².